The average Bonchev–Trinajstić information content (AvgIpc) is 3.99. The molecule has 6 aromatic rings. The number of imide groups is 1. The van der Waals surface area contributed by atoms with Crippen molar-refractivity contribution in [3.8, 4) is 23.3 Å². The largest absolute Gasteiger partial charge is 0.494 e. The molecule has 0 aliphatic carbocycles. The minimum Gasteiger partial charge on any atom is -0.494 e. The van der Waals surface area contributed by atoms with Crippen LogP contribution in [-0.2, 0) is 28.1 Å². The lowest BCUT2D eigenvalue weighted by Crippen LogP contribution is -2.54. The molecule has 2 aliphatic rings. The number of piperidine rings is 1. The Kier molecular flexibility index (Phi) is 11.7. The van der Waals surface area contributed by atoms with Gasteiger partial charge in [0.05, 0.1) is 29.9 Å². The number of nitrogens with zero attached hydrogens (tertiary/aromatic N) is 5. The zero-order valence-corrected chi connectivity index (χ0v) is 34.5. The molecular weight excluding hydrogens is 769 g/mol. The van der Waals surface area contributed by atoms with Crippen LogP contribution in [0.4, 0.5) is 16.3 Å². The van der Waals surface area contributed by atoms with E-state index in [9.17, 15) is 19.2 Å². The van der Waals surface area contributed by atoms with Gasteiger partial charge in [0.1, 0.15) is 23.9 Å². The standard InChI is InChI=1S/C48H48N8O5/c1-48(2,3)42-28-43(53-52-42)51-47(60)50-34-18-20-35(21-19-34)56-31-49-39-27-36(22-23-40(39)56)61-26-11-6-4-5-10-15-33-16-12-17-37-38(33)30-54(45(37)58)41-24-25-44(57)55(46(41)59)29-32-13-8-7-9-14-32/h7-9,12-14,16-23,27-28,31,41H,4-6,11,24-26,29-30H2,1-3H3,(H3,50,51,52,53,60). The Hall–Kier alpha value is -7.20. The zero-order chi connectivity index (χ0) is 42.5. The molecule has 4 aromatic carbocycles. The Morgan fingerprint density at radius 1 is 0.918 bits per heavy atom. The number of aromatic nitrogens is 4. The van der Waals surface area contributed by atoms with Crippen LogP contribution >= 0.6 is 0 Å². The molecule has 2 aliphatic heterocycles. The van der Waals surface area contributed by atoms with E-state index in [0.717, 1.165) is 64.1 Å². The first kappa shape index (κ1) is 40.6. The third-order valence-corrected chi connectivity index (χ3v) is 11.0. The number of aromatic amines is 1. The second kappa shape index (κ2) is 17.6. The minimum atomic E-state index is -0.685. The smallest absolute Gasteiger partial charge is 0.324 e. The highest BCUT2D eigenvalue weighted by Crippen LogP contribution is 2.32. The van der Waals surface area contributed by atoms with Crippen molar-refractivity contribution in [2.45, 2.75) is 83.8 Å². The second-order valence-electron chi connectivity index (χ2n) is 16.4. The predicted molar refractivity (Wildman–Crippen MR) is 233 cm³/mol. The van der Waals surface area contributed by atoms with E-state index in [4.69, 9.17) is 4.74 Å². The van der Waals surface area contributed by atoms with Crippen molar-refractivity contribution in [3.05, 3.63) is 131 Å². The number of urea groups is 1. The highest BCUT2D eigenvalue weighted by Gasteiger charge is 2.43. The number of hydrogen-bond donors (Lipinski definition) is 3. The molecule has 1 atom stereocenters. The Morgan fingerprint density at radius 3 is 2.52 bits per heavy atom. The number of hydrogen-bond acceptors (Lipinski definition) is 7. The summed E-state index contributed by atoms with van der Waals surface area (Å²) in [5, 5.41) is 12.8. The highest BCUT2D eigenvalue weighted by atomic mass is 16.5. The van der Waals surface area contributed by atoms with Gasteiger partial charge in [0.15, 0.2) is 0 Å². The first-order chi connectivity index (χ1) is 29.5. The Morgan fingerprint density at radius 2 is 1.74 bits per heavy atom. The van der Waals surface area contributed by atoms with Crippen molar-refractivity contribution < 1.29 is 23.9 Å². The molecule has 310 valence electrons. The molecule has 4 heterocycles. The van der Waals surface area contributed by atoms with Crippen LogP contribution in [0.1, 0.15) is 92.0 Å². The molecule has 0 bridgehead atoms. The van der Waals surface area contributed by atoms with E-state index in [1.165, 1.54) is 4.90 Å². The fourth-order valence-electron chi connectivity index (χ4n) is 7.65. The number of carbonyl (C=O) groups is 4. The number of carbonyl (C=O) groups excluding carboxylic acids is 4. The van der Waals surface area contributed by atoms with Gasteiger partial charge in [-0.15, -0.1) is 0 Å². The van der Waals surface area contributed by atoms with Gasteiger partial charge < -0.3 is 15.0 Å². The van der Waals surface area contributed by atoms with Crippen molar-refractivity contribution in [1.29, 1.82) is 0 Å². The van der Waals surface area contributed by atoms with Crippen molar-refractivity contribution in [1.82, 2.24) is 29.5 Å². The molecule has 2 aromatic heterocycles. The van der Waals surface area contributed by atoms with E-state index in [1.54, 1.807) is 17.3 Å². The van der Waals surface area contributed by atoms with Gasteiger partial charge in [0, 0.05) is 59.4 Å². The number of ether oxygens (including phenoxy) is 1. The maximum absolute atomic E-state index is 13.6. The molecule has 0 saturated carbocycles. The van der Waals surface area contributed by atoms with E-state index in [2.05, 4.69) is 58.4 Å². The van der Waals surface area contributed by atoms with E-state index >= 15 is 0 Å². The number of anilines is 2. The molecule has 0 spiro atoms. The molecule has 8 rings (SSSR count). The lowest BCUT2D eigenvalue weighted by Gasteiger charge is -2.35. The van der Waals surface area contributed by atoms with E-state index in [1.807, 2.05) is 95.6 Å². The number of unbranched alkanes of at least 4 members (excludes halogenated alkanes) is 3. The quantitative estimate of drug-likeness (QED) is 0.0637. The molecule has 13 heteroatoms. The first-order valence-electron chi connectivity index (χ1n) is 20.7. The molecule has 5 amide bonds. The number of benzene rings is 4. The normalized spacial score (nSPS) is 15.1. The molecule has 1 fully saturated rings. The molecule has 1 unspecified atom stereocenters. The van der Waals surface area contributed by atoms with Crippen LogP contribution in [-0.4, -0.2) is 65.9 Å². The Labute approximate surface area is 354 Å². The van der Waals surface area contributed by atoms with Crippen LogP contribution in [0.5, 0.6) is 5.75 Å². The third kappa shape index (κ3) is 9.18. The summed E-state index contributed by atoms with van der Waals surface area (Å²) in [6.07, 6.45) is 5.73. The highest BCUT2D eigenvalue weighted by molar-refractivity contribution is 6.05. The van der Waals surface area contributed by atoms with Gasteiger partial charge in [-0.25, -0.2) is 9.78 Å². The summed E-state index contributed by atoms with van der Waals surface area (Å²) in [6, 6.07) is 29.2. The SMILES string of the molecule is CC(C)(C)c1cc(NC(=O)Nc2ccc(-n3cnc4cc(OCCCCCC#Cc5cccc6c5CN(C5CCC(=O)N(Cc7ccccc7)C5=O)C6=O)ccc43)cc2)[nH]n1. The topological polar surface area (TPSA) is 155 Å². The van der Waals surface area contributed by atoms with Gasteiger partial charge in [-0.1, -0.05) is 69.0 Å². The Bertz CT molecular complexity index is 2650. The summed E-state index contributed by atoms with van der Waals surface area (Å²) in [4.78, 5) is 59.9. The van der Waals surface area contributed by atoms with Gasteiger partial charge >= 0.3 is 6.03 Å². The molecular formula is C48H48N8O5. The van der Waals surface area contributed by atoms with Crippen molar-refractivity contribution in [2.24, 2.45) is 0 Å². The van der Waals surface area contributed by atoms with Gasteiger partial charge in [0.25, 0.3) is 11.8 Å². The van der Waals surface area contributed by atoms with Crippen LogP contribution in [0.15, 0.2) is 103 Å². The van der Waals surface area contributed by atoms with E-state index < -0.39 is 6.04 Å². The van der Waals surface area contributed by atoms with E-state index in [-0.39, 0.29) is 42.1 Å². The predicted octanol–water partition coefficient (Wildman–Crippen LogP) is 8.35. The number of nitrogens with one attached hydrogen (secondary N) is 3. The summed E-state index contributed by atoms with van der Waals surface area (Å²) in [5.74, 6) is 7.11. The molecule has 3 N–H and O–H groups in total. The molecule has 0 radical (unpaired) electrons. The number of H-pyrrole nitrogens is 1. The average molecular weight is 817 g/mol. The summed E-state index contributed by atoms with van der Waals surface area (Å²) in [7, 11) is 0. The van der Waals surface area contributed by atoms with Crippen molar-refractivity contribution in [2.75, 3.05) is 17.2 Å². The van der Waals surface area contributed by atoms with Gasteiger partial charge in [-0.05, 0) is 85.3 Å². The zero-order valence-electron chi connectivity index (χ0n) is 34.5. The fraction of sp³-hybridized carbons (Fsp3) is 0.292. The number of amides is 5. The maximum Gasteiger partial charge on any atom is 0.324 e. The second-order valence-corrected chi connectivity index (χ2v) is 16.4. The monoisotopic (exact) mass is 816 g/mol. The molecule has 1 saturated heterocycles. The van der Waals surface area contributed by atoms with Gasteiger partial charge in [-0.2, -0.15) is 5.10 Å². The van der Waals surface area contributed by atoms with Crippen LogP contribution in [0.25, 0.3) is 16.7 Å². The summed E-state index contributed by atoms with van der Waals surface area (Å²) >= 11 is 0. The summed E-state index contributed by atoms with van der Waals surface area (Å²) in [5.41, 5.74) is 7.10. The van der Waals surface area contributed by atoms with Gasteiger partial charge in [0.2, 0.25) is 5.91 Å². The first-order valence-corrected chi connectivity index (χ1v) is 20.7. The van der Waals surface area contributed by atoms with Crippen LogP contribution in [0, 0.1) is 11.8 Å². The van der Waals surface area contributed by atoms with Gasteiger partial charge in [-0.3, -0.25) is 34.3 Å². The number of rotatable bonds is 12. The maximum atomic E-state index is 13.6. The van der Waals surface area contributed by atoms with Crippen LogP contribution in [0.3, 0.4) is 0 Å². The lowest BCUT2D eigenvalue weighted by atomic mass is 9.92. The van der Waals surface area contributed by atoms with Crippen LogP contribution in [0.2, 0.25) is 0 Å². The van der Waals surface area contributed by atoms with Crippen LogP contribution < -0.4 is 15.4 Å². The fourth-order valence-corrected chi connectivity index (χ4v) is 7.65. The minimum absolute atomic E-state index is 0.128. The summed E-state index contributed by atoms with van der Waals surface area (Å²) < 4.78 is 8.06. The third-order valence-electron chi connectivity index (χ3n) is 11.0. The van der Waals surface area contributed by atoms with Crippen molar-refractivity contribution in [3.63, 3.8) is 0 Å². The number of fused-ring (bicyclic) bond motifs is 2. The number of likely N-dealkylation sites (tertiary alicyclic amines) is 1. The Balaban J connectivity index is 0.782. The van der Waals surface area contributed by atoms with E-state index in [0.29, 0.717) is 43.1 Å². The summed E-state index contributed by atoms with van der Waals surface area (Å²) in [6.45, 7) is 7.24. The molecule has 61 heavy (non-hydrogen) atoms. The molecule has 13 nitrogen and oxygen atoms in total. The lowest BCUT2D eigenvalue weighted by molar-refractivity contribution is -0.153. The number of imidazole rings is 1. The van der Waals surface area contributed by atoms with Crippen molar-refractivity contribution >= 4 is 46.3 Å².